The molecule has 0 bridgehead atoms. The third kappa shape index (κ3) is 4.10. The number of amides is 1. The van der Waals surface area contributed by atoms with E-state index in [1.165, 1.54) is 12.3 Å². The maximum absolute atomic E-state index is 11.6. The van der Waals surface area contributed by atoms with E-state index in [4.69, 9.17) is 21.4 Å². The van der Waals surface area contributed by atoms with Crippen molar-refractivity contribution >= 4 is 23.5 Å². The quantitative estimate of drug-likeness (QED) is 0.777. The molecule has 0 saturated heterocycles. The number of hydrogen-bond acceptors (Lipinski definition) is 5. The van der Waals surface area contributed by atoms with Gasteiger partial charge in [0, 0.05) is 11.1 Å². The minimum atomic E-state index is -1.20. The summed E-state index contributed by atoms with van der Waals surface area (Å²) >= 11 is 5.82. The number of aromatic nitrogens is 1. The van der Waals surface area contributed by atoms with Crippen molar-refractivity contribution in [3.8, 4) is 17.2 Å². The number of carboxylic acids is 1. The average molecular weight is 323 g/mol. The molecule has 0 spiro atoms. The predicted octanol–water partition coefficient (Wildman–Crippen LogP) is 2.05. The van der Waals surface area contributed by atoms with Gasteiger partial charge in [-0.15, -0.1) is 0 Å². The second kappa shape index (κ2) is 6.77. The summed E-state index contributed by atoms with van der Waals surface area (Å²) in [6, 6.07) is 7.81. The summed E-state index contributed by atoms with van der Waals surface area (Å²) in [4.78, 5) is 25.8. The minimum Gasteiger partial charge on any atom is -0.505 e. The average Bonchev–Trinajstić information content (AvgIpc) is 2.45. The molecule has 1 aromatic heterocycles. The second-order valence-corrected chi connectivity index (χ2v) is 4.61. The van der Waals surface area contributed by atoms with Crippen molar-refractivity contribution in [2.24, 2.45) is 0 Å². The number of aliphatic carboxylic acids is 1. The number of rotatable bonds is 5. The molecule has 1 heterocycles. The first-order chi connectivity index (χ1) is 10.5. The van der Waals surface area contributed by atoms with Crippen LogP contribution in [0.5, 0.6) is 17.2 Å². The van der Waals surface area contributed by atoms with E-state index in [2.05, 4.69) is 10.3 Å². The topological polar surface area (TPSA) is 109 Å². The Morgan fingerprint density at radius 1 is 1.27 bits per heavy atom. The van der Waals surface area contributed by atoms with Crippen molar-refractivity contribution in [1.29, 1.82) is 0 Å². The molecule has 0 aliphatic rings. The van der Waals surface area contributed by atoms with E-state index in [0.717, 1.165) is 0 Å². The molecule has 2 rings (SSSR count). The molecule has 7 nitrogen and oxygen atoms in total. The molecule has 8 heteroatoms. The van der Waals surface area contributed by atoms with Crippen LogP contribution in [-0.2, 0) is 4.79 Å². The highest BCUT2D eigenvalue weighted by Crippen LogP contribution is 2.27. The molecule has 0 fully saturated rings. The van der Waals surface area contributed by atoms with Gasteiger partial charge in [-0.2, -0.15) is 0 Å². The number of benzene rings is 1. The zero-order valence-corrected chi connectivity index (χ0v) is 11.9. The number of ether oxygens (including phenoxy) is 1. The van der Waals surface area contributed by atoms with Crippen LogP contribution in [-0.4, -0.2) is 33.6 Å². The van der Waals surface area contributed by atoms with Crippen LogP contribution in [0.1, 0.15) is 10.5 Å². The Hall–Kier alpha value is -2.80. The lowest BCUT2D eigenvalue weighted by Gasteiger charge is -2.08. The van der Waals surface area contributed by atoms with E-state index in [1.54, 1.807) is 24.3 Å². The number of hydrogen-bond donors (Lipinski definition) is 3. The summed E-state index contributed by atoms with van der Waals surface area (Å²) in [6.07, 6.45) is 1.23. The lowest BCUT2D eigenvalue weighted by Crippen LogP contribution is -2.29. The van der Waals surface area contributed by atoms with Crippen molar-refractivity contribution in [2.45, 2.75) is 0 Å². The van der Waals surface area contributed by atoms with Gasteiger partial charge >= 0.3 is 5.97 Å². The van der Waals surface area contributed by atoms with Crippen molar-refractivity contribution in [1.82, 2.24) is 10.3 Å². The molecule has 1 aromatic carbocycles. The standard InChI is InChI=1S/C14H11ClN2O5/c15-8-2-1-3-9(4-8)22-10-5-11(18)13(16-6-10)14(21)17-7-12(19)20/h1-6,18H,7H2,(H,17,21)(H,19,20). The summed E-state index contributed by atoms with van der Waals surface area (Å²) in [5.74, 6) is -1.78. The van der Waals surface area contributed by atoms with Gasteiger partial charge in [0.15, 0.2) is 11.4 Å². The molecule has 2 aromatic rings. The van der Waals surface area contributed by atoms with Gasteiger partial charge in [0.25, 0.3) is 5.91 Å². The third-order valence-corrected chi connectivity index (χ3v) is 2.72. The first-order valence-electron chi connectivity index (χ1n) is 6.08. The SMILES string of the molecule is O=C(O)CNC(=O)c1ncc(Oc2cccc(Cl)c2)cc1O. The monoisotopic (exact) mass is 322 g/mol. The Morgan fingerprint density at radius 3 is 2.68 bits per heavy atom. The summed E-state index contributed by atoms with van der Waals surface area (Å²) in [5.41, 5.74) is -0.292. The van der Waals surface area contributed by atoms with E-state index in [-0.39, 0.29) is 11.4 Å². The number of halogens is 1. The summed E-state index contributed by atoms with van der Waals surface area (Å²) < 4.78 is 5.44. The smallest absolute Gasteiger partial charge is 0.322 e. The number of nitrogens with one attached hydrogen (secondary N) is 1. The van der Waals surface area contributed by atoms with E-state index in [1.807, 2.05) is 0 Å². The van der Waals surface area contributed by atoms with Gasteiger partial charge in [-0.05, 0) is 18.2 Å². The zero-order chi connectivity index (χ0) is 16.1. The minimum absolute atomic E-state index is 0.203. The van der Waals surface area contributed by atoms with Crippen LogP contribution in [0.25, 0.3) is 0 Å². The molecule has 0 atom stereocenters. The number of pyridine rings is 1. The molecule has 114 valence electrons. The van der Waals surface area contributed by atoms with Crippen LogP contribution >= 0.6 is 11.6 Å². The number of carbonyl (C=O) groups is 2. The van der Waals surface area contributed by atoms with E-state index in [9.17, 15) is 14.7 Å². The summed E-state index contributed by atoms with van der Waals surface area (Å²) in [6.45, 7) is -0.569. The Balaban J connectivity index is 2.12. The fourth-order valence-electron chi connectivity index (χ4n) is 1.57. The van der Waals surface area contributed by atoms with Crippen molar-refractivity contribution in [2.75, 3.05) is 6.54 Å². The van der Waals surface area contributed by atoms with Crippen LogP contribution in [0, 0.1) is 0 Å². The van der Waals surface area contributed by atoms with Crippen LogP contribution in [0.4, 0.5) is 0 Å². The van der Waals surface area contributed by atoms with Gasteiger partial charge in [0.1, 0.15) is 18.0 Å². The third-order valence-electron chi connectivity index (χ3n) is 2.49. The molecule has 3 N–H and O–H groups in total. The van der Waals surface area contributed by atoms with Gasteiger partial charge in [0.2, 0.25) is 0 Å². The van der Waals surface area contributed by atoms with Crippen LogP contribution in [0.3, 0.4) is 0 Å². The highest BCUT2D eigenvalue weighted by Gasteiger charge is 2.15. The van der Waals surface area contributed by atoms with Gasteiger partial charge in [-0.3, -0.25) is 9.59 Å². The lowest BCUT2D eigenvalue weighted by atomic mass is 10.3. The van der Waals surface area contributed by atoms with Gasteiger partial charge in [0.05, 0.1) is 6.20 Å². The molecule has 0 aliphatic heterocycles. The number of carboxylic acid groups (broad SMARTS) is 1. The van der Waals surface area contributed by atoms with Crippen molar-refractivity contribution in [3.63, 3.8) is 0 Å². The first-order valence-corrected chi connectivity index (χ1v) is 6.46. The molecule has 22 heavy (non-hydrogen) atoms. The van der Waals surface area contributed by atoms with Crippen LogP contribution in [0.15, 0.2) is 36.5 Å². The normalized spacial score (nSPS) is 10.0. The van der Waals surface area contributed by atoms with E-state index in [0.29, 0.717) is 10.8 Å². The maximum atomic E-state index is 11.6. The zero-order valence-electron chi connectivity index (χ0n) is 11.1. The number of aromatic hydroxyl groups is 1. The second-order valence-electron chi connectivity index (χ2n) is 4.17. The molecular weight excluding hydrogens is 312 g/mol. The van der Waals surface area contributed by atoms with Gasteiger partial charge < -0.3 is 20.3 Å². The van der Waals surface area contributed by atoms with Crippen LogP contribution < -0.4 is 10.1 Å². The molecule has 0 radical (unpaired) electrons. The van der Waals surface area contributed by atoms with Gasteiger partial charge in [-0.25, -0.2) is 4.98 Å². The predicted molar refractivity (Wildman–Crippen MR) is 77.4 cm³/mol. The Bertz CT molecular complexity index is 720. The van der Waals surface area contributed by atoms with E-state index < -0.39 is 24.2 Å². The molecule has 0 unspecified atom stereocenters. The van der Waals surface area contributed by atoms with Crippen LogP contribution in [0.2, 0.25) is 5.02 Å². The van der Waals surface area contributed by atoms with Crippen molar-refractivity contribution in [3.05, 3.63) is 47.2 Å². The molecular formula is C14H11ClN2O5. The fourth-order valence-corrected chi connectivity index (χ4v) is 1.75. The molecule has 0 aliphatic carbocycles. The summed E-state index contributed by atoms with van der Waals surface area (Å²) in [7, 11) is 0. The highest BCUT2D eigenvalue weighted by molar-refractivity contribution is 6.30. The lowest BCUT2D eigenvalue weighted by molar-refractivity contribution is -0.135. The van der Waals surface area contributed by atoms with E-state index >= 15 is 0 Å². The largest absolute Gasteiger partial charge is 0.505 e. The number of nitrogens with zero attached hydrogens (tertiary/aromatic N) is 1. The Kier molecular flexibility index (Phi) is 4.80. The van der Waals surface area contributed by atoms with Crippen molar-refractivity contribution < 1.29 is 24.5 Å². The molecule has 0 saturated carbocycles. The Labute approximate surface area is 130 Å². The molecule has 1 amide bonds. The fraction of sp³-hybridized carbons (Fsp3) is 0.0714. The van der Waals surface area contributed by atoms with Gasteiger partial charge in [-0.1, -0.05) is 17.7 Å². The first kappa shape index (κ1) is 15.6. The Morgan fingerprint density at radius 2 is 2.05 bits per heavy atom. The maximum Gasteiger partial charge on any atom is 0.322 e. The summed E-state index contributed by atoms with van der Waals surface area (Å²) in [5, 5.41) is 20.8. The highest BCUT2D eigenvalue weighted by atomic mass is 35.5. The number of carbonyl (C=O) groups excluding carboxylic acids is 1.